The van der Waals surface area contributed by atoms with Crippen LogP contribution >= 0.6 is 0 Å². The van der Waals surface area contributed by atoms with Crippen molar-refractivity contribution in [1.29, 1.82) is 0 Å². The summed E-state index contributed by atoms with van der Waals surface area (Å²) < 4.78 is 63.5. The van der Waals surface area contributed by atoms with E-state index >= 15 is 0 Å². The van der Waals surface area contributed by atoms with Gasteiger partial charge in [-0.2, -0.15) is 26.3 Å². The van der Waals surface area contributed by atoms with E-state index in [0.29, 0.717) is 6.54 Å². The lowest BCUT2D eigenvalue weighted by Crippen LogP contribution is -2.21. The number of hydrogen-bond acceptors (Lipinski definition) is 4. The van der Waals surface area contributed by atoms with E-state index in [0.717, 1.165) is 5.56 Å². The number of halogens is 6. The van der Waals surface area contributed by atoms with Crippen molar-refractivity contribution in [1.82, 2.24) is 4.98 Å². The quantitative estimate of drug-likeness (QED) is 0.674. The normalized spacial score (nSPS) is 10.5. The fourth-order valence-corrected chi connectivity index (χ4v) is 0.519. The molecular formula is C10H10F6N2O4. The summed E-state index contributed by atoms with van der Waals surface area (Å²) in [5, 5.41) is 14.2. The predicted molar refractivity (Wildman–Crippen MR) is 59.5 cm³/mol. The van der Waals surface area contributed by atoms with Crippen molar-refractivity contribution in [3.63, 3.8) is 0 Å². The van der Waals surface area contributed by atoms with Crippen LogP contribution in [0.4, 0.5) is 26.3 Å². The molecule has 0 bridgehead atoms. The predicted octanol–water partition coefficient (Wildman–Crippen LogP) is 1.81. The number of aliphatic carboxylic acids is 2. The smallest absolute Gasteiger partial charge is 0.475 e. The Labute approximate surface area is 119 Å². The van der Waals surface area contributed by atoms with Gasteiger partial charge in [0.25, 0.3) is 0 Å². The second kappa shape index (κ2) is 9.55. The zero-order chi connectivity index (χ0) is 18.0. The molecule has 0 fully saturated rings. The second-order valence-corrected chi connectivity index (χ2v) is 3.17. The minimum Gasteiger partial charge on any atom is -0.475 e. The third-order valence-corrected chi connectivity index (χ3v) is 1.44. The van der Waals surface area contributed by atoms with E-state index in [1.807, 2.05) is 12.1 Å². The first-order valence-electron chi connectivity index (χ1n) is 5.01. The Hall–Kier alpha value is -2.37. The molecule has 0 aliphatic rings. The Kier molecular flexibility index (Phi) is 9.51. The van der Waals surface area contributed by atoms with E-state index in [9.17, 15) is 26.3 Å². The zero-order valence-electron chi connectivity index (χ0n) is 10.5. The average Bonchev–Trinajstić information content (AvgIpc) is 2.39. The Morgan fingerprint density at radius 2 is 1.41 bits per heavy atom. The van der Waals surface area contributed by atoms with Crippen LogP contribution in [0.15, 0.2) is 24.5 Å². The molecule has 0 atom stereocenters. The topological polar surface area (TPSA) is 114 Å². The Morgan fingerprint density at radius 1 is 1.05 bits per heavy atom. The Bertz CT molecular complexity index is 437. The molecule has 12 heteroatoms. The fraction of sp³-hybridized carbons (Fsp3) is 0.300. The summed E-state index contributed by atoms with van der Waals surface area (Å²) in [6.45, 7) is 0.577. The lowest BCUT2D eigenvalue weighted by Gasteiger charge is -1.93. The van der Waals surface area contributed by atoms with Gasteiger partial charge >= 0.3 is 24.3 Å². The van der Waals surface area contributed by atoms with Gasteiger partial charge in [-0.25, -0.2) is 9.59 Å². The molecule has 6 nitrogen and oxygen atoms in total. The SMILES string of the molecule is NCc1cccnc1.O=C(O)C(F)(F)F.O=C(O)C(F)(F)F. The number of hydrogen-bond donors (Lipinski definition) is 3. The van der Waals surface area contributed by atoms with Gasteiger partial charge in [-0.3, -0.25) is 4.98 Å². The number of nitrogens with two attached hydrogens (primary N) is 1. The maximum absolute atomic E-state index is 10.6. The van der Waals surface area contributed by atoms with E-state index in [1.54, 1.807) is 12.4 Å². The van der Waals surface area contributed by atoms with Crippen molar-refractivity contribution in [3.05, 3.63) is 30.1 Å². The van der Waals surface area contributed by atoms with Gasteiger partial charge in [-0.1, -0.05) is 6.07 Å². The molecule has 126 valence electrons. The first-order chi connectivity index (χ1) is 9.82. The number of carboxylic acids is 2. The minimum absolute atomic E-state index is 0.577. The summed E-state index contributed by atoms with van der Waals surface area (Å²) in [6.07, 6.45) is -6.67. The van der Waals surface area contributed by atoms with Gasteiger partial charge in [0.05, 0.1) is 0 Å². The van der Waals surface area contributed by atoms with Crippen molar-refractivity contribution < 1.29 is 46.1 Å². The molecule has 0 aliphatic heterocycles. The summed E-state index contributed by atoms with van der Waals surface area (Å²) in [5.74, 6) is -5.51. The number of alkyl halides is 6. The number of carboxylic acid groups (broad SMARTS) is 2. The number of aromatic nitrogens is 1. The molecule has 0 amide bonds. The van der Waals surface area contributed by atoms with E-state index in [4.69, 9.17) is 25.5 Å². The van der Waals surface area contributed by atoms with Crippen molar-refractivity contribution in [2.75, 3.05) is 0 Å². The Morgan fingerprint density at radius 3 is 1.55 bits per heavy atom. The maximum Gasteiger partial charge on any atom is 0.490 e. The molecule has 0 spiro atoms. The van der Waals surface area contributed by atoms with Crippen molar-refractivity contribution in [3.8, 4) is 0 Å². The van der Waals surface area contributed by atoms with E-state index in [-0.39, 0.29) is 0 Å². The molecule has 0 radical (unpaired) electrons. The van der Waals surface area contributed by atoms with Crippen LogP contribution in [-0.4, -0.2) is 39.5 Å². The molecule has 1 aromatic rings. The number of nitrogens with zero attached hydrogens (tertiary/aromatic N) is 1. The standard InChI is InChI=1S/C6H8N2.2C2HF3O2/c7-4-6-2-1-3-8-5-6;2*3-2(4,5)1(6)7/h1-3,5H,4,7H2;2*(H,6,7). The summed E-state index contributed by atoms with van der Waals surface area (Å²) >= 11 is 0. The van der Waals surface area contributed by atoms with Crippen LogP contribution < -0.4 is 5.73 Å². The Balaban J connectivity index is 0. The molecule has 0 unspecified atom stereocenters. The first-order valence-corrected chi connectivity index (χ1v) is 5.01. The highest BCUT2D eigenvalue weighted by Gasteiger charge is 2.38. The molecule has 0 saturated carbocycles. The van der Waals surface area contributed by atoms with Gasteiger partial charge in [-0.15, -0.1) is 0 Å². The van der Waals surface area contributed by atoms with Gasteiger partial charge in [0, 0.05) is 18.9 Å². The molecular weight excluding hydrogens is 326 g/mol. The molecule has 1 heterocycles. The molecule has 1 rings (SSSR count). The first kappa shape index (κ1) is 21.9. The van der Waals surface area contributed by atoms with Crippen LogP contribution in [0.25, 0.3) is 0 Å². The van der Waals surface area contributed by atoms with Gasteiger partial charge in [0.1, 0.15) is 0 Å². The van der Waals surface area contributed by atoms with Crippen LogP contribution in [0.3, 0.4) is 0 Å². The molecule has 1 aromatic heterocycles. The van der Waals surface area contributed by atoms with Gasteiger partial charge in [0.2, 0.25) is 0 Å². The molecule has 0 aromatic carbocycles. The van der Waals surface area contributed by atoms with E-state index in [1.165, 1.54) is 0 Å². The average molecular weight is 336 g/mol. The van der Waals surface area contributed by atoms with E-state index < -0.39 is 24.3 Å². The summed E-state index contributed by atoms with van der Waals surface area (Å²) in [5.41, 5.74) is 6.39. The third-order valence-electron chi connectivity index (χ3n) is 1.44. The maximum atomic E-state index is 10.6. The fourth-order valence-electron chi connectivity index (χ4n) is 0.519. The monoisotopic (exact) mass is 336 g/mol. The number of carbonyl (C=O) groups is 2. The largest absolute Gasteiger partial charge is 0.490 e. The molecule has 4 N–H and O–H groups in total. The van der Waals surface area contributed by atoms with Crippen LogP contribution in [-0.2, 0) is 16.1 Å². The highest BCUT2D eigenvalue weighted by molar-refractivity contribution is 5.73. The minimum atomic E-state index is -5.08. The molecule has 0 aliphatic carbocycles. The highest BCUT2D eigenvalue weighted by Crippen LogP contribution is 2.13. The van der Waals surface area contributed by atoms with Crippen LogP contribution in [0.2, 0.25) is 0 Å². The summed E-state index contributed by atoms with van der Waals surface area (Å²) in [6, 6.07) is 3.83. The van der Waals surface area contributed by atoms with Crippen molar-refractivity contribution >= 4 is 11.9 Å². The number of rotatable bonds is 1. The highest BCUT2D eigenvalue weighted by atomic mass is 19.4. The van der Waals surface area contributed by atoms with E-state index in [2.05, 4.69) is 4.98 Å². The van der Waals surface area contributed by atoms with Gasteiger partial charge in [-0.05, 0) is 11.6 Å². The van der Waals surface area contributed by atoms with Crippen LogP contribution in [0, 0.1) is 0 Å². The molecule has 0 saturated heterocycles. The van der Waals surface area contributed by atoms with Crippen molar-refractivity contribution in [2.24, 2.45) is 5.73 Å². The lowest BCUT2D eigenvalue weighted by atomic mass is 10.3. The van der Waals surface area contributed by atoms with Gasteiger partial charge < -0.3 is 15.9 Å². The van der Waals surface area contributed by atoms with Gasteiger partial charge in [0.15, 0.2) is 0 Å². The third kappa shape index (κ3) is 12.7. The zero-order valence-corrected chi connectivity index (χ0v) is 10.5. The lowest BCUT2D eigenvalue weighted by molar-refractivity contribution is -0.193. The molecule has 22 heavy (non-hydrogen) atoms. The number of pyridine rings is 1. The summed E-state index contributed by atoms with van der Waals surface area (Å²) in [4.78, 5) is 21.7. The van der Waals surface area contributed by atoms with Crippen molar-refractivity contribution in [2.45, 2.75) is 18.9 Å². The summed E-state index contributed by atoms with van der Waals surface area (Å²) in [7, 11) is 0. The second-order valence-electron chi connectivity index (χ2n) is 3.17. The van der Waals surface area contributed by atoms with Crippen LogP contribution in [0.5, 0.6) is 0 Å². The van der Waals surface area contributed by atoms with Crippen LogP contribution in [0.1, 0.15) is 5.56 Å².